The molecule has 5 nitrogen and oxygen atoms in total. The lowest BCUT2D eigenvalue weighted by atomic mass is 10.2. The monoisotopic (exact) mass is 191 g/mol. The third kappa shape index (κ3) is 3.08. The fourth-order valence-corrected chi connectivity index (χ4v) is 0.959. The van der Waals surface area contributed by atoms with Gasteiger partial charge in [0.05, 0.1) is 6.54 Å². The van der Waals surface area contributed by atoms with E-state index in [1.807, 2.05) is 0 Å². The van der Waals surface area contributed by atoms with Crippen molar-refractivity contribution < 1.29 is 9.59 Å². The molecular weight excluding hydrogens is 182 g/mol. The lowest BCUT2D eigenvalue weighted by Gasteiger charge is -2.01. The molecule has 0 atom stereocenters. The highest BCUT2D eigenvalue weighted by molar-refractivity contribution is 5.87. The first-order valence-corrected chi connectivity index (χ1v) is 3.91. The summed E-state index contributed by atoms with van der Waals surface area (Å²) in [5.41, 5.74) is 6.39. The Kier molecular flexibility index (Phi) is 3.41. The molecule has 3 N–H and O–H groups in total. The Labute approximate surface area is 80.6 Å². The normalized spacial score (nSPS) is 8.86. The number of nitrogens with two attached hydrogens (primary N) is 1. The van der Waals surface area contributed by atoms with Crippen LogP contribution in [0.2, 0.25) is 0 Å². The van der Waals surface area contributed by atoms with Gasteiger partial charge < -0.3 is 11.1 Å². The van der Waals surface area contributed by atoms with Crippen molar-refractivity contribution in [2.24, 2.45) is 10.7 Å². The van der Waals surface area contributed by atoms with E-state index in [1.54, 1.807) is 24.3 Å². The Balaban J connectivity index is 2.68. The maximum Gasteiger partial charge on any atom is 0.316 e. The van der Waals surface area contributed by atoms with Gasteiger partial charge in [0.15, 0.2) is 0 Å². The van der Waals surface area contributed by atoms with Crippen LogP contribution in [0.3, 0.4) is 0 Å². The Bertz CT molecular complexity index is 343. The Morgan fingerprint density at radius 2 is 2.07 bits per heavy atom. The third-order valence-corrected chi connectivity index (χ3v) is 1.55. The van der Waals surface area contributed by atoms with E-state index in [2.05, 4.69) is 10.3 Å². The van der Waals surface area contributed by atoms with E-state index in [0.717, 1.165) is 5.56 Å². The van der Waals surface area contributed by atoms with Gasteiger partial charge in [-0.25, -0.2) is 14.6 Å². The van der Waals surface area contributed by atoms with E-state index in [-0.39, 0.29) is 0 Å². The number of rotatable bonds is 3. The predicted molar refractivity (Wildman–Crippen MR) is 51.5 cm³/mol. The minimum atomic E-state index is -0.608. The van der Waals surface area contributed by atoms with Crippen molar-refractivity contribution >= 4 is 17.8 Å². The van der Waals surface area contributed by atoms with Crippen molar-refractivity contribution in [1.82, 2.24) is 0 Å². The maximum atomic E-state index is 10.5. The summed E-state index contributed by atoms with van der Waals surface area (Å²) >= 11 is 0. The second kappa shape index (κ2) is 4.79. The number of anilines is 1. The zero-order chi connectivity index (χ0) is 10.4. The number of urea groups is 1. The van der Waals surface area contributed by atoms with Gasteiger partial charge in [-0.2, -0.15) is 0 Å². The highest BCUT2D eigenvalue weighted by atomic mass is 16.2. The van der Waals surface area contributed by atoms with Crippen molar-refractivity contribution in [2.45, 2.75) is 6.54 Å². The maximum absolute atomic E-state index is 10.5. The number of hydrogen-bond acceptors (Lipinski definition) is 3. The van der Waals surface area contributed by atoms with Crippen LogP contribution in [0.4, 0.5) is 10.5 Å². The molecule has 0 aliphatic carbocycles. The third-order valence-electron chi connectivity index (χ3n) is 1.55. The molecule has 72 valence electrons. The van der Waals surface area contributed by atoms with E-state index in [0.29, 0.717) is 12.2 Å². The summed E-state index contributed by atoms with van der Waals surface area (Å²) in [5.74, 6) is 0. The number of carbonyl (C=O) groups is 1. The van der Waals surface area contributed by atoms with Crippen LogP contribution in [0.5, 0.6) is 0 Å². The zero-order valence-corrected chi connectivity index (χ0v) is 7.36. The van der Waals surface area contributed by atoms with Gasteiger partial charge in [-0.1, -0.05) is 12.1 Å². The molecule has 1 rings (SSSR count). The molecule has 14 heavy (non-hydrogen) atoms. The van der Waals surface area contributed by atoms with Crippen LogP contribution in [0.15, 0.2) is 29.3 Å². The van der Waals surface area contributed by atoms with Crippen molar-refractivity contribution in [1.29, 1.82) is 0 Å². The van der Waals surface area contributed by atoms with Crippen LogP contribution in [-0.4, -0.2) is 12.1 Å². The summed E-state index contributed by atoms with van der Waals surface area (Å²) in [6.45, 7) is 0.292. The molecule has 5 heteroatoms. The summed E-state index contributed by atoms with van der Waals surface area (Å²) < 4.78 is 0. The second-order valence-electron chi connectivity index (χ2n) is 2.59. The number of nitrogens with one attached hydrogen (secondary N) is 1. The van der Waals surface area contributed by atoms with E-state index in [9.17, 15) is 9.59 Å². The second-order valence-corrected chi connectivity index (χ2v) is 2.59. The molecule has 0 saturated heterocycles. The molecule has 0 aliphatic rings. The molecule has 0 unspecified atom stereocenters. The van der Waals surface area contributed by atoms with Gasteiger partial charge in [-0.05, 0) is 17.7 Å². The summed E-state index contributed by atoms with van der Waals surface area (Å²) in [6.07, 6.45) is 1.45. The number of primary amides is 1. The fraction of sp³-hybridized carbons (Fsp3) is 0.111. The fourth-order valence-electron chi connectivity index (χ4n) is 0.959. The van der Waals surface area contributed by atoms with Crippen molar-refractivity contribution in [3.05, 3.63) is 29.8 Å². The van der Waals surface area contributed by atoms with Crippen molar-refractivity contribution in [2.75, 3.05) is 5.32 Å². The number of benzene rings is 1. The van der Waals surface area contributed by atoms with Crippen LogP contribution >= 0.6 is 0 Å². The number of amides is 2. The van der Waals surface area contributed by atoms with Crippen LogP contribution in [-0.2, 0) is 11.3 Å². The largest absolute Gasteiger partial charge is 0.351 e. The van der Waals surface area contributed by atoms with Crippen molar-refractivity contribution in [3.8, 4) is 0 Å². The lowest BCUT2D eigenvalue weighted by molar-refractivity contribution is 0.259. The number of isocyanates is 1. The van der Waals surface area contributed by atoms with Crippen LogP contribution < -0.4 is 11.1 Å². The quantitative estimate of drug-likeness (QED) is 0.552. The Morgan fingerprint density at radius 3 is 2.57 bits per heavy atom. The SMILES string of the molecule is NC(=O)Nc1ccc(CN=C=O)cc1. The van der Waals surface area contributed by atoms with E-state index in [4.69, 9.17) is 5.73 Å². The van der Waals surface area contributed by atoms with Gasteiger partial charge in [0, 0.05) is 5.69 Å². The first kappa shape index (κ1) is 9.95. The average molecular weight is 191 g/mol. The van der Waals surface area contributed by atoms with Crippen LogP contribution in [0, 0.1) is 0 Å². The molecule has 0 heterocycles. The molecule has 1 aromatic rings. The smallest absolute Gasteiger partial charge is 0.316 e. The van der Waals surface area contributed by atoms with Crippen LogP contribution in [0.1, 0.15) is 5.56 Å². The summed E-state index contributed by atoms with van der Waals surface area (Å²) in [6, 6.07) is 6.24. The highest BCUT2D eigenvalue weighted by Gasteiger charge is 1.95. The molecule has 0 saturated carbocycles. The van der Waals surface area contributed by atoms with Gasteiger partial charge in [-0.3, -0.25) is 0 Å². The molecule has 2 amide bonds. The molecule has 0 aliphatic heterocycles. The van der Waals surface area contributed by atoms with E-state index >= 15 is 0 Å². The van der Waals surface area contributed by atoms with E-state index in [1.165, 1.54) is 6.08 Å². The molecule has 0 fully saturated rings. The number of carbonyl (C=O) groups excluding carboxylic acids is 2. The minimum Gasteiger partial charge on any atom is -0.351 e. The summed E-state index contributed by atoms with van der Waals surface area (Å²) in [7, 11) is 0. The lowest BCUT2D eigenvalue weighted by Crippen LogP contribution is -2.19. The average Bonchev–Trinajstić information content (AvgIpc) is 2.16. The predicted octanol–water partition coefficient (Wildman–Crippen LogP) is 1.01. The number of nitrogens with zero attached hydrogens (tertiary/aromatic N) is 1. The van der Waals surface area contributed by atoms with Gasteiger partial charge in [0.2, 0.25) is 6.08 Å². The Hall–Kier alpha value is -2.13. The van der Waals surface area contributed by atoms with Gasteiger partial charge in [-0.15, -0.1) is 0 Å². The Morgan fingerprint density at radius 1 is 1.43 bits per heavy atom. The highest BCUT2D eigenvalue weighted by Crippen LogP contribution is 2.09. The summed E-state index contributed by atoms with van der Waals surface area (Å²) in [5, 5.41) is 2.42. The standard InChI is InChI=1S/C9H9N3O2/c10-9(14)12-8-3-1-7(2-4-8)5-11-6-13/h1-4H,5H2,(H3,10,12,14). The molecule has 0 radical (unpaired) electrons. The zero-order valence-electron chi connectivity index (χ0n) is 7.36. The number of aliphatic imine (C=N–C) groups is 1. The topological polar surface area (TPSA) is 84.6 Å². The molecule has 1 aromatic carbocycles. The van der Waals surface area contributed by atoms with Gasteiger partial charge >= 0.3 is 6.03 Å². The first-order valence-electron chi connectivity index (χ1n) is 3.91. The van der Waals surface area contributed by atoms with Gasteiger partial charge in [0.25, 0.3) is 0 Å². The van der Waals surface area contributed by atoms with Crippen molar-refractivity contribution in [3.63, 3.8) is 0 Å². The van der Waals surface area contributed by atoms with Gasteiger partial charge in [0.1, 0.15) is 0 Å². The molecular formula is C9H9N3O2. The van der Waals surface area contributed by atoms with E-state index < -0.39 is 6.03 Å². The van der Waals surface area contributed by atoms with Crippen LogP contribution in [0.25, 0.3) is 0 Å². The molecule has 0 bridgehead atoms. The first-order chi connectivity index (χ1) is 6.72. The number of hydrogen-bond donors (Lipinski definition) is 2. The minimum absolute atomic E-state index is 0.292. The molecule has 0 spiro atoms. The molecule has 0 aromatic heterocycles. The summed E-state index contributed by atoms with van der Waals surface area (Å²) in [4.78, 5) is 23.7.